The molecular weight excluding hydrogens is 272 g/mol. The Balaban J connectivity index is 0.000000170. The molecule has 1 aromatic rings. The molecule has 3 aliphatic heterocycles. The van der Waals surface area contributed by atoms with Crippen LogP contribution in [-0.4, -0.2) is 67.6 Å². The molecule has 3 heterocycles. The van der Waals surface area contributed by atoms with Crippen molar-refractivity contribution in [1.29, 1.82) is 0 Å². The molecule has 0 atom stereocenters. The van der Waals surface area contributed by atoms with Crippen LogP contribution in [0.2, 0.25) is 0 Å². The summed E-state index contributed by atoms with van der Waals surface area (Å²) in [4.78, 5) is 25.9. The molecule has 0 aliphatic carbocycles. The van der Waals surface area contributed by atoms with Crippen LogP contribution >= 0.6 is 0 Å². The number of aliphatic hydroxyl groups excluding tert-OH is 1. The van der Waals surface area contributed by atoms with E-state index in [0.717, 1.165) is 0 Å². The van der Waals surface area contributed by atoms with Gasteiger partial charge in [-0.3, -0.25) is 9.69 Å². The van der Waals surface area contributed by atoms with Crippen LogP contribution in [0.15, 0.2) is 24.3 Å². The van der Waals surface area contributed by atoms with Gasteiger partial charge < -0.3 is 19.9 Å². The van der Waals surface area contributed by atoms with Crippen LogP contribution in [0.1, 0.15) is 20.7 Å². The molecule has 0 aromatic heterocycles. The van der Waals surface area contributed by atoms with E-state index in [4.69, 9.17) is 5.11 Å². The number of carboxylic acids is 1. The average Bonchev–Trinajstić information content (AvgIpc) is 2.56. The molecule has 6 heteroatoms. The number of aliphatic hydroxyl groups is 1. The zero-order valence-corrected chi connectivity index (χ0v) is 11.9. The Bertz CT molecular complexity index is 487. The molecule has 6 nitrogen and oxygen atoms in total. The van der Waals surface area contributed by atoms with Gasteiger partial charge in [0, 0.05) is 30.8 Å². The van der Waals surface area contributed by atoms with Crippen LogP contribution in [0.25, 0.3) is 0 Å². The molecule has 3 aliphatic rings. The summed E-state index contributed by atoms with van der Waals surface area (Å²) in [6, 6.07) is 5.61. The molecule has 4 rings (SSSR count). The molecule has 2 N–H and O–H groups in total. The molecule has 0 spiro atoms. The summed E-state index contributed by atoms with van der Waals surface area (Å²) in [6.07, 6.45) is 0. The van der Waals surface area contributed by atoms with Crippen LogP contribution in [0.5, 0.6) is 0 Å². The lowest BCUT2D eigenvalue weighted by molar-refractivity contribution is -0.914. The van der Waals surface area contributed by atoms with Gasteiger partial charge in [-0.15, -0.1) is 0 Å². The van der Waals surface area contributed by atoms with Crippen molar-refractivity contribution >= 4 is 11.8 Å². The Morgan fingerprint density at radius 2 is 1.62 bits per heavy atom. The first-order chi connectivity index (χ1) is 10.1. The topological polar surface area (TPSA) is 85.1 Å². The SMILES string of the molecule is C1C[NH+]2CCN1CC2.O=C([O-])c1ccccc1C(=O)CO. The van der Waals surface area contributed by atoms with Gasteiger partial charge in [0.25, 0.3) is 0 Å². The number of carbonyl (C=O) groups excluding carboxylic acids is 2. The lowest BCUT2D eigenvalue weighted by atomic mass is 10.0. The molecule has 3 fully saturated rings. The number of hydrogen-bond donors (Lipinski definition) is 2. The summed E-state index contributed by atoms with van der Waals surface area (Å²) in [6.45, 7) is 7.57. The van der Waals surface area contributed by atoms with E-state index < -0.39 is 18.4 Å². The number of Topliss-reactive ketones (excluding diaryl/α,β-unsaturated/α-hetero) is 1. The summed E-state index contributed by atoms with van der Waals surface area (Å²) in [5.41, 5.74) is -0.216. The number of rotatable bonds is 3. The Hall–Kier alpha value is -1.76. The van der Waals surface area contributed by atoms with E-state index in [1.54, 1.807) is 0 Å². The number of benzene rings is 1. The van der Waals surface area contributed by atoms with Gasteiger partial charge in [-0.25, -0.2) is 0 Å². The molecule has 1 aromatic carbocycles. The number of hydrogen-bond acceptors (Lipinski definition) is 5. The van der Waals surface area contributed by atoms with Gasteiger partial charge in [0.15, 0.2) is 5.78 Å². The van der Waals surface area contributed by atoms with Gasteiger partial charge in [-0.1, -0.05) is 24.3 Å². The third kappa shape index (κ3) is 4.10. The van der Waals surface area contributed by atoms with E-state index >= 15 is 0 Å². The number of fused-ring (bicyclic) bond motifs is 3. The first-order valence-corrected chi connectivity index (χ1v) is 7.12. The van der Waals surface area contributed by atoms with E-state index in [-0.39, 0.29) is 11.1 Å². The molecule has 114 valence electrons. The predicted molar refractivity (Wildman–Crippen MR) is 74.2 cm³/mol. The van der Waals surface area contributed by atoms with Gasteiger partial charge in [0.1, 0.15) is 6.61 Å². The lowest BCUT2D eigenvalue weighted by Crippen LogP contribution is -3.17. The van der Waals surface area contributed by atoms with Gasteiger partial charge in [0.05, 0.1) is 25.6 Å². The maximum Gasteiger partial charge on any atom is 0.188 e. The monoisotopic (exact) mass is 292 g/mol. The van der Waals surface area contributed by atoms with Crippen molar-refractivity contribution in [3.05, 3.63) is 35.4 Å². The van der Waals surface area contributed by atoms with Crippen LogP contribution in [0, 0.1) is 0 Å². The predicted octanol–water partition coefficient (Wildman–Crippen LogP) is -2.57. The van der Waals surface area contributed by atoms with Crippen LogP contribution in [0.3, 0.4) is 0 Å². The number of ketones is 1. The Labute approximate surface area is 123 Å². The number of carbonyl (C=O) groups is 2. The fraction of sp³-hybridized carbons (Fsp3) is 0.467. The molecule has 0 radical (unpaired) electrons. The highest BCUT2D eigenvalue weighted by Crippen LogP contribution is 2.07. The minimum atomic E-state index is -1.42. The number of quaternary nitrogens is 1. The summed E-state index contributed by atoms with van der Waals surface area (Å²) < 4.78 is 0. The maximum atomic E-state index is 11.0. The molecule has 0 unspecified atom stereocenters. The van der Waals surface area contributed by atoms with Gasteiger partial charge >= 0.3 is 0 Å². The highest BCUT2D eigenvalue weighted by atomic mass is 16.4. The standard InChI is InChI=1S/C9H8O4.C6H12N2/c10-5-8(11)6-3-1-2-4-7(6)9(12)13;1-2-8-5-3-7(1)4-6-8/h1-4,10H,5H2,(H,12,13);1-6H2. The van der Waals surface area contributed by atoms with Crippen LogP contribution < -0.4 is 10.0 Å². The minimum absolute atomic E-state index is 0.0231. The first-order valence-electron chi connectivity index (χ1n) is 7.12. The number of nitrogens with zero attached hydrogens (tertiary/aromatic N) is 1. The average molecular weight is 292 g/mol. The highest BCUT2D eigenvalue weighted by molar-refractivity contribution is 6.05. The Morgan fingerprint density at radius 3 is 1.95 bits per heavy atom. The second-order valence-corrected chi connectivity index (χ2v) is 5.26. The summed E-state index contributed by atoms with van der Waals surface area (Å²) >= 11 is 0. The van der Waals surface area contributed by atoms with E-state index in [0.29, 0.717) is 0 Å². The smallest absolute Gasteiger partial charge is 0.188 e. The zero-order chi connectivity index (χ0) is 15.2. The van der Waals surface area contributed by atoms with Gasteiger partial charge in [0.2, 0.25) is 0 Å². The second-order valence-electron chi connectivity index (χ2n) is 5.26. The zero-order valence-electron chi connectivity index (χ0n) is 11.9. The Morgan fingerprint density at radius 1 is 1.10 bits per heavy atom. The van der Waals surface area contributed by atoms with E-state index in [2.05, 4.69) is 4.90 Å². The largest absolute Gasteiger partial charge is 0.545 e. The molecule has 0 saturated carbocycles. The number of aromatic carboxylic acids is 1. The maximum absolute atomic E-state index is 11.0. The number of piperazine rings is 3. The lowest BCUT2D eigenvalue weighted by Gasteiger charge is -2.38. The van der Waals surface area contributed by atoms with E-state index in [1.807, 2.05) is 4.90 Å². The van der Waals surface area contributed by atoms with Crippen molar-refractivity contribution < 1.29 is 24.7 Å². The van der Waals surface area contributed by atoms with Crippen LogP contribution in [-0.2, 0) is 0 Å². The van der Waals surface area contributed by atoms with E-state index in [1.165, 1.54) is 63.5 Å². The van der Waals surface area contributed by atoms with Crippen molar-refractivity contribution in [2.24, 2.45) is 0 Å². The fourth-order valence-corrected chi connectivity index (χ4v) is 2.65. The van der Waals surface area contributed by atoms with Gasteiger partial charge in [-0.05, 0) is 0 Å². The van der Waals surface area contributed by atoms with Crippen molar-refractivity contribution in [2.75, 3.05) is 45.9 Å². The Kier molecular flexibility index (Phi) is 5.44. The number of nitrogens with one attached hydrogen (secondary N) is 1. The molecule has 0 amide bonds. The summed E-state index contributed by atoms with van der Waals surface area (Å²) in [5, 5.41) is 19.0. The molecular formula is C15H20N2O4. The summed E-state index contributed by atoms with van der Waals surface area (Å²) in [7, 11) is 0. The first kappa shape index (κ1) is 15.6. The van der Waals surface area contributed by atoms with Crippen LogP contribution in [0.4, 0.5) is 0 Å². The summed E-state index contributed by atoms with van der Waals surface area (Å²) in [5.74, 6) is -2.04. The normalized spacial score (nSPS) is 23.1. The quantitative estimate of drug-likeness (QED) is 0.598. The highest BCUT2D eigenvalue weighted by Gasteiger charge is 2.25. The van der Waals surface area contributed by atoms with Crippen molar-refractivity contribution in [2.45, 2.75) is 0 Å². The third-order valence-electron chi connectivity index (χ3n) is 3.94. The molecule has 2 bridgehead atoms. The molecule has 3 saturated heterocycles. The fourth-order valence-electron chi connectivity index (χ4n) is 2.65. The van der Waals surface area contributed by atoms with Crippen molar-refractivity contribution in [3.8, 4) is 0 Å². The minimum Gasteiger partial charge on any atom is -0.545 e. The third-order valence-corrected chi connectivity index (χ3v) is 3.94. The van der Waals surface area contributed by atoms with Crippen molar-refractivity contribution in [1.82, 2.24) is 4.90 Å². The van der Waals surface area contributed by atoms with Gasteiger partial charge in [-0.2, -0.15) is 0 Å². The number of carboxylic acid groups (broad SMARTS) is 1. The molecule has 21 heavy (non-hydrogen) atoms. The second kappa shape index (κ2) is 7.31. The van der Waals surface area contributed by atoms with E-state index in [9.17, 15) is 14.7 Å². The van der Waals surface area contributed by atoms with Crippen molar-refractivity contribution in [3.63, 3.8) is 0 Å².